The van der Waals surface area contributed by atoms with Gasteiger partial charge in [0.2, 0.25) is 11.0 Å². The van der Waals surface area contributed by atoms with Crippen LogP contribution in [0, 0.1) is 0 Å². The van der Waals surface area contributed by atoms with Crippen molar-refractivity contribution in [2.45, 2.75) is 50.4 Å². The molecule has 1 aromatic heterocycles. The molecule has 0 saturated carbocycles. The minimum atomic E-state index is -0.473. The van der Waals surface area contributed by atoms with E-state index in [1.165, 1.54) is 28.7 Å². The normalized spacial score (nSPS) is 11.9. The van der Waals surface area contributed by atoms with Gasteiger partial charge in [-0.2, -0.15) is 0 Å². The maximum absolute atomic E-state index is 11.8. The number of carbonyl (C=O) groups is 2. The zero-order valence-electron chi connectivity index (χ0n) is 15.9. The van der Waals surface area contributed by atoms with Gasteiger partial charge in [0.05, 0.1) is 5.75 Å². The van der Waals surface area contributed by atoms with Crippen LogP contribution in [0.5, 0.6) is 0 Å². The van der Waals surface area contributed by atoms with Gasteiger partial charge in [-0.1, -0.05) is 56.0 Å². The second-order valence-electron chi connectivity index (χ2n) is 6.39. The van der Waals surface area contributed by atoms with Crippen molar-refractivity contribution >= 4 is 45.9 Å². The van der Waals surface area contributed by atoms with E-state index in [2.05, 4.69) is 52.1 Å². The molecule has 1 heterocycles. The smallest absolute Gasteiger partial charge is 0.321 e. The lowest BCUT2D eigenvalue weighted by atomic mass is 10.0. The predicted octanol–water partition coefficient (Wildman–Crippen LogP) is 4.12. The average molecular weight is 408 g/mol. The number of benzene rings is 1. The molecule has 3 amide bonds. The first-order valence-electron chi connectivity index (χ1n) is 8.81. The molecule has 1 aromatic carbocycles. The van der Waals surface area contributed by atoms with Crippen molar-refractivity contribution in [2.75, 3.05) is 11.1 Å². The number of amides is 3. The number of thioether (sulfide) groups is 1. The number of hydrogen-bond donors (Lipinski definition) is 3. The molecule has 146 valence electrons. The summed E-state index contributed by atoms with van der Waals surface area (Å²) in [7, 11) is 0. The van der Waals surface area contributed by atoms with E-state index in [0.717, 1.165) is 12.1 Å². The Kier molecular flexibility index (Phi) is 8.05. The lowest BCUT2D eigenvalue weighted by molar-refractivity contribution is -0.117. The lowest BCUT2D eigenvalue weighted by Crippen LogP contribution is -2.43. The van der Waals surface area contributed by atoms with Crippen LogP contribution in [0.15, 0.2) is 28.6 Å². The van der Waals surface area contributed by atoms with E-state index >= 15 is 0 Å². The Hall–Kier alpha value is -2.13. The summed E-state index contributed by atoms with van der Waals surface area (Å²) in [4.78, 5) is 23.4. The van der Waals surface area contributed by atoms with Gasteiger partial charge in [0.1, 0.15) is 0 Å². The summed E-state index contributed by atoms with van der Waals surface area (Å²) in [5.74, 6) is 0.225. The van der Waals surface area contributed by atoms with Crippen LogP contribution in [0.1, 0.15) is 45.6 Å². The topological polar surface area (TPSA) is 96.0 Å². The molecular weight excluding hydrogens is 382 g/mol. The van der Waals surface area contributed by atoms with E-state index in [1.54, 1.807) is 0 Å². The molecule has 0 bridgehead atoms. The molecule has 2 rings (SSSR count). The summed E-state index contributed by atoms with van der Waals surface area (Å²) in [5.41, 5.74) is 2.21. The predicted molar refractivity (Wildman–Crippen MR) is 111 cm³/mol. The van der Waals surface area contributed by atoms with E-state index in [-0.39, 0.29) is 17.7 Å². The van der Waals surface area contributed by atoms with Crippen molar-refractivity contribution in [3.05, 3.63) is 29.8 Å². The quantitative estimate of drug-likeness (QED) is 0.570. The molecule has 0 saturated heterocycles. The lowest BCUT2D eigenvalue weighted by Gasteiger charge is -2.11. The molecule has 7 nitrogen and oxygen atoms in total. The third-order valence-electron chi connectivity index (χ3n) is 3.80. The zero-order chi connectivity index (χ0) is 19.8. The molecule has 0 aliphatic rings. The first kappa shape index (κ1) is 21.2. The Bertz CT molecular complexity index is 761. The van der Waals surface area contributed by atoms with Gasteiger partial charge >= 0.3 is 6.03 Å². The first-order chi connectivity index (χ1) is 12.9. The Morgan fingerprint density at radius 3 is 2.48 bits per heavy atom. The highest BCUT2D eigenvalue weighted by Gasteiger charge is 2.12. The summed E-state index contributed by atoms with van der Waals surface area (Å²) in [6.07, 6.45) is 0.803. The molecule has 0 spiro atoms. The number of carbonyl (C=O) groups excluding carboxylic acids is 2. The Labute approximate surface area is 167 Å². The second kappa shape index (κ2) is 10.3. The number of hydrogen-bond acceptors (Lipinski definition) is 7. The number of anilines is 2. The van der Waals surface area contributed by atoms with Crippen molar-refractivity contribution in [3.8, 4) is 0 Å². The number of nitrogens with zero attached hydrogens (tertiary/aromatic N) is 2. The SMILES string of the molecule is CC[C@H](C)NC(=O)NC(=O)CSc1nnc(Nc2ccc(C(C)C)cc2)s1. The van der Waals surface area contributed by atoms with Gasteiger partial charge in [0.25, 0.3) is 0 Å². The average Bonchev–Trinajstić information content (AvgIpc) is 3.07. The van der Waals surface area contributed by atoms with E-state index in [9.17, 15) is 9.59 Å². The molecule has 27 heavy (non-hydrogen) atoms. The molecule has 0 aliphatic carbocycles. The fraction of sp³-hybridized carbons (Fsp3) is 0.444. The maximum Gasteiger partial charge on any atom is 0.321 e. The van der Waals surface area contributed by atoms with Crippen molar-refractivity contribution in [1.82, 2.24) is 20.8 Å². The molecule has 2 aromatic rings. The molecule has 9 heteroatoms. The van der Waals surface area contributed by atoms with E-state index in [4.69, 9.17) is 0 Å². The monoisotopic (exact) mass is 407 g/mol. The molecule has 0 aliphatic heterocycles. The van der Waals surface area contributed by atoms with E-state index in [1.807, 2.05) is 26.0 Å². The van der Waals surface area contributed by atoms with Crippen LogP contribution >= 0.6 is 23.1 Å². The summed E-state index contributed by atoms with van der Waals surface area (Å²) in [6, 6.07) is 7.73. The summed E-state index contributed by atoms with van der Waals surface area (Å²) < 4.78 is 0.661. The maximum atomic E-state index is 11.8. The Balaban J connectivity index is 1.80. The second-order valence-corrected chi connectivity index (χ2v) is 8.59. The molecule has 0 fully saturated rings. The van der Waals surface area contributed by atoms with Crippen LogP contribution in [0.2, 0.25) is 0 Å². The minimum absolute atomic E-state index is 0.0249. The molecule has 3 N–H and O–H groups in total. The number of rotatable bonds is 8. The molecular formula is C18H25N5O2S2. The first-order valence-corrected chi connectivity index (χ1v) is 10.6. The molecule has 0 unspecified atom stereocenters. The highest BCUT2D eigenvalue weighted by molar-refractivity contribution is 8.01. The van der Waals surface area contributed by atoms with Crippen LogP contribution in [-0.4, -0.2) is 33.9 Å². The summed E-state index contributed by atoms with van der Waals surface area (Å²) in [6.45, 7) is 8.15. The van der Waals surface area contributed by atoms with Crippen molar-refractivity contribution in [1.29, 1.82) is 0 Å². The van der Waals surface area contributed by atoms with Gasteiger partial charge in [-0.15, -0.1) is 10.2 Å². The summed E-state index contributed by atoms with van der Waals surface area (Å²) in [5, 5.41) is 17.0. The van der Waals surface area contributed by atoms with Gasteiger partial charge < -0.3 is 10.6 Å². The van der Waals surface area contributed by atoms with Gasteiger partial charge in [-0.05, 0) is 37.0 Å². The van der Waals surface area contributed by atoms with Crippen molar-refractivity contribution in [2.24, 2.45) is 0 Å². The fourth-order valence-corrected chi connectivity index (χ4v) is 3.62. The standard InChI is InChI=1S/C18H25N5O2S2/c1-5-12(4)19-16(25)21-15(24)10-26-18-23-22-17(27-18)20-14-8-6-13(7-9-14)11(2)3/h6-9,11-12H,5,10H2,1-4H3,(H,20,22)(H2,19,21,24,25)/t12-/m0/s1. The van der Waals surface area contributed by atoms with Crippen LogP contribution < -0.4 is 16.0 Å². The van der Waals surface area contributed by atoms with Crippen LogP contribution in [0.25, 0.3) is 0 Å². The van der Waals surface area contributed by atoms with Crippen LogP contribution in [0.3, 0.4) is 0 Å². The van der Waals surface area contributed by atoms with Crippen LogP contribution in [0.4, 0.5) is 15.6 Å². The van der Waals surface area contributed by atoms with Gasteiger partial charge in [-0.25, -0.2) is 4.79 Å². The number of imide groups is 1. The largest absolute Gasteiger partial charge is 0.335 e. The van der Waals surface area contributed by atoms with E-state index in [0.29, 0.717) is 15.4 Å². The zero-order valence-corrected chi connectivity index (χ0v) is 17.5. The molecule has 0 radical (unpaired) electrons. The van der Waals surface area contributed by atoms with E-state index < -0.39 is 6.03 Å². The van der Waals surface area contributed by atoms with Crippen molar-refractivity contribution in [3.63, 3.8) is 0 Å². The highest BCUT2D eigenvalue weighted by atomic mass is 32.2. The van der Waals surface area contributed by atoms with Gasteiger partial charge in [0, 0.05) is 11.7 Å². The molecule has 1 atom stereocenters. The highest BCUT2D eigenvalue weighted by Crippen LogP contribution is 2.28. The summed E-state index contributed by atoms with van der Waals surface area (Å²) >= 11 is 2.61. The number of urea groups is 1. The Morgan fingerprint density at radius 2 is 1.85 bits per heavy atom. The van der Waals surface area contributed by atoms with Crippen LogP contribution in [-0.2, 0) is 4.79 Å². The van der Waals surface area contributed by atoms with Gasteiger partial charge in [0.15, 0.2) is 4.34 Å². The Morgan fingerprint density at radius 1 is 1.15 bits per heavy atom. The number of nitrogens with one attached hydrogen (secondary N) is 3. The van der Waals surface area contributed by atoms with Crippen molar-refractivity contribution < 1.29 is 9.59 Å². The minimum Gasteiger partial charge on any atom is -0.335 e. The third kappa shape index (κ3) is 7.18. The third-order valence-corrected chi connectivity index (χ3v) is 5.78. The fourth-order valence-electron chi connectivity index (χ4n) is 2.05. The number of aromatic nitrogens is 2. The van der Waals surface area contributed by atoms with Gasteiger partial charge in [-0.3, -0.25) is 10.1 Å².